The standard InChI is InChI=1S/C12H8ClNO2S/c13-12-10(17)7-6-9(14(15)16)11(12)8-4-2-1-3-5-8/h1-7,17H. The lowest BCUT2D eigenvalue weighted by atomic mass is 10.0. The van der Waals surface area contributed by atoms with E-state index < -0.39 is 4.92 Å². The lowest BCUT2D eigenvalue weighted by molar-refractivity contribution is -0.384. The Hall–Kier alpha value is -1.52. The first-order valence-corrected chi connectivity index (χ1v) is 5.65. The van der Waals surface area contributed by atoms with E-state index >= 15 is 0 Å². The van der Waals surface area contributed by atoms with E-state index in [1.165, 1.54) is 12.1 Å². The van der Waals surface area contributed by atoms with E-state index in [-0.39, 0.29) is 5.69 Å². The van der Waals surface area contributed by atoms with Crippen LogP contribution in [0.15, 0.2) is 47.4 Å². The van der Waals surface area contributed by atoms with Crippen LogP contribution in [0.5, 0.6) is 0 Å². The second kappa shape index (κ2) is 4.77. The summed E-state index contributed by atoms with van der Waals surface area (Å²) in [7, 11) is 0. The molecule has 2 aromatic carbocycles. The van der Waals surface area contributed by atoms with Crippen LogP contribution in [-0.4, -0.2) is 4.92 Å². The normalized spacial score (nSPS) is 10.2. The first-order valence-electron chi connectivity index (χ1n) is 4.82. The van der Waals surface area contributed by atoms with Gasteiger partial charge in [0.2, 0.25) is 0 Å². The Balaban J connectivity index is 2.74. The van der Waals surface area contributed by atoms with Crippen LogP contribution in [0, 0.1) is 10.1 Å². The number of halogens is 1. The van der Waals surface area contributed by atoms with Gasteiger partial charge >= 0.3 is 0 Å². The fourth-order valence-corrected chi connectivity index (χ4v) is 2.04. The molecule has 2 rings (SSSR count). The Morgan fingerprint density at radius 3 is 2.35 bits per heavy atom. The molecule has 0 bridgehead atoms. The van der Waals surface area contributed by atoms with Crippen molar-refractivity contribution in [1.29, 1.82) is 0 Å². The van der Waals surface area contributed by atoms with Gasteiger partial charge in [-0.25, -0.2) is 0 Å². The van der Waals surface area contributed by atoms with Crippen molar-refractivity contribution >= 4 is 29.9 Å². The summed E-state index contributed by atoms with van der Waals surface area (Å²) < 4.78 is 0. The molecule has 0 aliphatic heterocycles. The largest absolute Gasteiger partial charge is 0.278 e. The fourth-order valence-electron chi connectivity index (χ4n) is 1.59. The topological polar surface area (TPSA) is 43.1 Å². The minimum Gasteiger partial charge on any atom is -0.258 e. The van der Waals surface area contributed by atoms with Gasteiger partial charge in [-0.1, -0.05) is 41.9 Å². The average molecular weight is 266 g/mol. The molecule has 0 aliphatic rings. The summed E-state index contributed by atoms with van der Waals surface area (Å²) in [6, 6.07) is 11.9. The Labute approximate surface area is 109 Å². The summed E-state index contributed by atoms with van der Waals surface area (Å²) >= 11 is 10.3. The highest BCUT2D eigenvalue weighted by atomic mass is 35.5. The Kier molecular flexibility index (Phi) is 3.36. The molecule has 86 valence electrons. The third-order valence-electron chi connectivity index (χ3n) is 2.36. The smallest absolute Gasteiger partial charge is 0.258 e. The number of hydrogen-bond acceptors (Lipinski definition) is 3. The molecular formula is C12H8ClNO2S. The average Bonchev–Trinajstić information content (AvgIpc) is 2.33. The van der Waals surface area contributed by atoms with Gasteiger partial charge in [-0.15, -0.1) is 12.6 Å². The fraction of sp³-hybridized carbons (Fsp3) is 0. The number of nitro groups is 1. The first-order chi connectivity index (χ1) is 8.11. The van der Waals surface area contributed by atoms with Gasteiger partial charge in [0.25, 0.3) is 5.69 Å². The van der Waals surface area contributed by atoms with Crippen molar-refractivity contribution in [3.63, 3.8) is 0 Å². The molecule has 0 saturated carbocycles. The zero-order valence-corrected chi connectivity index (χ0v) is 10.3. The quantitative estimate of drug-likeness (QED) is 0.502. The number of thiol groups is 1. The zero-order valence-electron chi connectivity index (χ0n) is 8.63. The molecule has 2 aromatic rings. The van der Waals surface area contributed by atoms with Crippen molar-refractivity contribution in [1.82, 2.24) is 0 Å². The van der Waals surface area contributed by atoms with E-state index in [2.05, 4.69) is 12.6 Å². The minimum absolute atomic E-state index is 0.0148. The maximum atomic E-state index is 11.0. The summed E-state index contributed by atoms with van der Waals surface area (Å²) in [4.78, 5) is 11.1. The molecule has 5 heteroatoms. The van der Waals surface area contributed by atoms with Gasteiger partial charge in [-0.3, -0.25) is 10.1 Å². The molecule has 0 fully saturated rings. The molecule has 0 amide bonds. The van der Waals surface area contributed by atoms with Crippen LogP contribution < -0.4 is 0 Å². The van der Waals surface area contributed by atoms with Crippen LogP contribution in [0.3, 0.4) is 0 Å². The van der Waals surface area contributed by atoms with Gasteiger partial charge in [0.05, 0.1) is 15.5 Å². The monoisotopic (exact) mass is 265 g/mol. The second-order valence-corrected chi connectivity index (χ2v) is 4.28. The highest BCUT2D eigenvalue weighted by Crippen LogP contribution is 2.39. The maximum absolute atomic E-state index is 11.0. The summed E-state index contributed by atoms with van der Waals surface area (Å²) in [5.41, 5.74) is 1.10. The molecule has 0 aromatic heterocycles. The SMILES string of the molecule is O=[N+]([O-])c1ccc(S)c(Cl)c1-c1ccccc1. The summed E-state index contributed by atoms with van der Waals surface area (Å²) in [5, 5.41) is 11.3. The highest BCUT2D eigenvalue weighted by Gasteiger charge is 2.19. The molecule has 0 heterocycles. The lowest BCUT2D eigenvalue weighted by Crippen LogP contribution is -1.93. The second-order valence-electron chi connectivity index (χ2n) is 3.42. The van der Waals surface area contributed by atoms with Gasteiger partial charge < -0.3 is 0 Å². The maximum Gasteiger partial charge on any atom is 0.278 e. The molecule has 0 radical (unpaired) electrons. The molecule has 0 spiro atoms. The molecule has 0 saturated heterocycles. The predicted octanol–water partition coefficient (Wildman–Crippen LogP) is 4.20. The molecule has 0 aliphatic carbocycles. The van der Waals surface area contributed by atoms with Gasteiger partial charge in [-0.05, 0) is 11.6 Å². The van der Waals surface area contributed by atoms with Crippen molar-refractivity contribution in [3.05, 3.63) is 57.6 Å². The third kappa shape index (κ3) is 2.28. The van der Waals surface area contributed by atoms with Crippen molar-refractivity contribution in [2.45, 2.75) is 4.90 Å². The molecule has 0 atom stereocenters. The van der Waals surface area contributed by atoms with E-state index in [1.807, 2.05) is 6.07 Å². The summed E-state index contributed by atoms with van der Waals surface area (Å²) in [5.74, 6) is 0. The molecule has 0 unspecified atom stereocenters. The molecule has 3 nitrogen and oxygen atoms in total. The van der Waals surface area contributed by atoms with Crippen LogP contribution >= 0.6 is 24.2 Å². The zero-order chi connectivity index (χ0) is 12.4. The van der Waals surface area contributed by atoms with Crippen LogP contribution in [0.1, 0.15) is 0 Å². The predicted molar refractivity (Wildman–Crippen MR) is 70.8 cm³/mol. The van der Waals surface area contributed by atoms with Crippen LogP contribution in [0.4, 0.5) is 5.69 Å². The third-order valence-corrected chi connectivity index (χ3v) is 3.26. The summed E-state index contributed by atoms with van der Waals surface area (Å²) in [6.45, 7) is 0. The Morgan fingerprint density at radius 2 is 1.76 bits per heavy atom. The van der Waals surface area contributed by atoms with Crippen LogP contribution in [0.25, 0.3) is 11.1 Å². The Morgan fingerprint density at radius 1 is 1.12 bits per heavy atom. The summed E-state index contributed by atoms with van der Waals surface area (Å²) in [6.07, 6.45) is 0. The van der Waals surface area contributed by atoms with Gasteiger partial charge in [0.15, 0.2) is 0 Å². The van der Waals surface area contributed by atoms with E-state index in [9.17, 15) is 10.1 Å². The number of rotatable bonds is 2. The van der Waals surface area contributed by atoms with Crippen molar-refractivity contribution < 1.29 is 4.92 Å². The van der Waals surface area contributed by atoms with Gasteiger partial charge in [0.1, 0.15) is 0 Å². The van der Waals surface area contributed by atoms with Gasteiger partial charge in [-0.2, -0.15) is 0 Å². The van der Waals surface area contributed by atoms with Crippen molar-refractivity contribution in [2.75, 3.05) is 0 Å². The molecular weight excluding hydrogens is 258 g/mol. The number of hydrogen-bond donors (Lipinski definition) is 1. The molecule has 17 heavy (non-hydrogen) atoms. The lowest BCUT2D eigenvalue weighted by Gasteiger charge is -2.07. The molecule has 0 N–H and O–H groups in total. The van der Waals surface area contributed by atoms with E-state index in [4.69, 9.17) is 11.6 Å². The first kappa shape index (κ1) is 12.0. The highest BCUT2D eigenvalue weighted by molar-refractivity contribution is 7.80. The minimum atomic E-state index is -0.443. The van der Waals surface area contributed by atoms with E-state index in [1.54, 1.807) is 24.3 Å². The van der Waals surface area contributed by atoms with Crippen molar-refractivity contribution in [2.24, 2.45) is 0 Å². The number of benzene rings is 2. The number of nitro benzene ring substituents is 1. The van der Waals surface area contributed by atoms with E-state index in [0.29, 0.717) is 21.0 Å². The van der Waals surface area contributed by atoms with Gasteiger partial charge in [0, 0.05) is 11.0 Å². The number of nitrogens with zero attached hydrogens (tertiary/aromatic N) is 1. The van der Waals surface area contributed by atoms with Crippen LogP contribution in [-0.2, 0) is 0 Å². The van der Waals surface area contributed by atoms with E-state index in [0.717, 1.165) is 0 Å². The van der Waals surface area contributed by atoms with Crippen LogP contribution in [0.2, 0.25) is 5.02 Å². The Bertz CT molecular complexity index is 572. The van der Waals surface area contributed by atoms with Crippen molar-refractivity contribution in [3.8, 4) is 11.1 Å².